The van der Waals surface area contributed by atoms with Gasteiger partial charge in [-0.25, -0.2) is 4.79 Å². The topological polar surface area (TPSA) is 32.3 Å². The van der Waals surface area contributed by atoms with Gasteiger partial charge < -0.3 is 10.2 Å². The molecule has 1 aromatic carbocycles. The summed E-state index contributed by atoms with van der Waals surface area (Å²) in [7, 11) is 0. The van der Waals surface area contributed by atoms with Crippen LogP contribution in [0.4, 0.5) is 10.5 Å². The molecule has 0 aromatic heterocycles. The number of anilines is 1. The monoisotopic (exact) mass is 268 g/mol. The molecular formula is C12H16N2OS2. The number of urea groups is 1. The number of hydrogen-bond acceptors (Lipinski definition) is 3. The first-order chi connectivity index (χ1) is 8.29. The maximum Gasteiger partial charge on any atom is 0.321 e. The number of rotatable bonds is 2. The molecule has 0 saturated carbocycles. The third-order valence-corrected chi connectivity index (χ3v) is 4.29. The highest BCUT2D eigenvalue weighted by atomic mass is 32.2. The standard InChI is InChI=1S/C12H16N2OS2/c1-16-11-4-2-3-10(9-11)13-12(15)14-5-7-17-8-6-14/h2-4,9H,5-8H2,1H3,(H,13,15). The highest BCUT2D eigenvalue weighted by Gasteiger charge is 2.16. The van der Waals surface area contributed by atoms with Crippen LogP contribution in [0.2, 0.25) is 0 Å². The number of nitrogens with zero attached hydrogens (tertiary/aromatic N) is 1. The van der Waals surface area contributed by atoms with E-state index in [4.69, 9.17) is 0 Å². The predicted octanol–water partition coefficient (Wildman–Crippen LogP) is 2.99. The lowest BCUT2D eigenvalue weighted by Crippen LogP contribution is -2.40. The summed E-state index contributed by atoms with van der Waals surface area (Å²) < 4.78 is 0. The molecule has 0 atom stereocenters. The first-order valence-corrected chi connectivity index (χ1v) is 7.95. The molecule has 0 bridgehead atoms. The lowest BCUT2D eigenvalue weighted by atomic mass is 10.3. The van der Waals surface area contributed by atoms with Gasteiger partial charge >= 0.3 is 6.03 Å². The molecule has 1 heterocycles. The van der Waals surface area contributed by atoms with Crippen molar-refractivity contribution in [3.05, 3.63) is 24.3 Å². The molecule has 0 aliphatic carbocycles. The highest BCUT2D eigenvalue weighted by molar-refractivity contribution is 7.99. The van der Waals surface area contributed by atoms with E-state index in [2.05, 4.69) is 5.32 Å². The van der Waals surface area contributed by atoms with Crippen LogP contribution in [-0.4, -0.2) is 41.8 Å². The van der Waals surface area contributed by atoms with Crippen molar-refractivity contribution in [3.63, 3.8) is 0 Å². The molecule has 92 valence electrons. The minimum atomic E-state index is 0.0172. The fraction of sp³-hybridized carbons (Fsp3) is 0.417. The summed E-state index contributed by atoms with van der Waals surface area (Å²) in [6.45, 7) is 1.69. The van der Waals surface area contributed by atoms with E-state index in [-0.39, 0.29) is 6.03 Å². The Hall–Kier alpha value is -0.810. The Balaban J connectivity index is 1.96. The molecule has 0 spiro atoms. The largest absolute Gasteiger partial charge is 0.323 e. The molecule has 5 heteroatoms. The highest BCUT2D eigenvalue weighted by Crippen LogP contribution is 2.19. The van der Waals surface area contributed by atoms with Crippen molar-refractivity contribution in [1.29, 1.82) is 0 Å². The lowest BCUT2D eigenvalue weighted by Gasteiger charge is -2.26. The smallest absolute Gasteiger partial charge is 0.321 e. The number of nitrogens with one attached hydrogen (secondary N) is 1. The zero-order valence-electron chi connectivity index (χ0n) is 9.81. The Labute approximate surface area is 110 Å². The van der Waals surface area contributed by atoms with Crippen LogP contribution < -0.4 is 5.32 Å². The van der Waals surface area contributed by atoms with Crippen LogP contribution >= 0.6 is 23.5 Å². The lowest BCUT2D eigenvalue weighted by molar-refractivity contribution is 0.217. The van der Waals surface area contributed by atoms with Gasteiger partial charge in [0.2, 0.25) is 0 Å². The molecule has 1 fully saturated rings. The Kier molecular flexibility index (Phi) is 4.62. The van der Waals surface area contributed by atoms with Gasteiger partial charge in [0.15, 0.2) is 0 Å². The minimum Gasteiger partial charge on any atom is -0.323 e. The third kappa shape index (κ3) is 3.57. The molecule has 1 saturated heterocycles. The summed E-state index contributed by atoms with van der Waals surface area (Å²) in [4.78, 5) is 15.0. The molecule has 3 nitrogen and oxygen atoms in total. The molecule has 2 amide bonds. The van der Waals surface area contributed by atoms with Gasteiger partial charge in [0, 0.05) is 35.2 Å². The van der Waals surface area contributed by atoms with Gasteiger partial charge in [-0.2, -0.15) is 11.8 Å². The summed E-state index contributed by atoms with van der Waals surface area (Å²) in [6.07, 6.45) is 2.03. The number of carbonyl (C=O) groups excluding carboxylic acids is 1. The van der Waals surface area contributed by atoms with Gasteiger partial charge in [-0.1, -0.05) is 6.07 Å². The fourth-order valence-electron chi connectivity index (χ4n) is 1.67. The Morgan fingerprint density at radius 2 is 2.18 bits per heavy atom. The van der Waals surface area contributed by atoms with Crippen molar-refractivity contribution in [2.24, 2.45) is 0 Å². The molecular weight excluding hydrogens is 252 g/mol. The fourth-order valence-corrected chi connectivity index (χ4v) is 3.03. The Morgan fingerprint density at radius 3 is 2.88 bits per heavy atom. The van der Waals surface area contributed by atoms with Crippen molar-refractivity contribution in [3.8, 4) is 0 Å². The molecule has 0 unspecified atom stereocenters. The first-order valence-electron chi connectivity index (χ1n) is 5.57. The van der Waals surface area contributed by atoms with Crippen molar-refractivity contribution in [2.75, 3.05) is 36.2 Å². The molecule has 1 aromatic rings. The quantitative estimate of drug-likeness (QED) is 0.837. The SMILES string of the molecule is CSc1cccc(NC(=O)N2CCSCC2)c1. The first kappa shape index (κ1) is 12.6. The molecule has 1 aliphatic rings. The molecule has 1 N–H and O–H groups in total. The van der Waals surface area contributed by atoms with Crippen molar-refractivity contribution < 1.29 is 4.79 Å². The van der Waals surface area contributed by atoms with E-state index in [0.29, 0.717) is 0 Å². The van der Waals surface area contributed by atoms with E-state index < -0.39 is 0 Å². The Morgan fingerprint density at radius 1 is 1.41 bits per heavy atom. The summed E-state index contributed by atoms with van der Waals surface area (Å²) in [5.41, 5.74) is 0.875. The van der Waals surface area contributed by atoms with Crippen LogP contribution in [0.1, 0.15) is 0 Å². The van der Waals surface area contributed by atoms with Crippen LogP contribution in [0, 0.1) is 0 Å². The number of amides is 2. The molecule has 0 radical (unpaired) electrons. The maximum absolute atomic E-state index is 12.0. The van der Waals surface area contributed by atoms with Crippen molar-refractivity contribution >= 4 is 35.2 Å². The van der Waals surface area contributed by atoms with Gasteiger partial charge in [0.05, 0.1) is 0 Å². The molecule has 2 rings (SSSR count). The van der Waals surface area contributed by atoms with Gasteiger partial charge in [-0.05, 0) is 24.5 Å². The van der Waals surface area contributed by atoms with Gasteiger partial charge in [0.1, 0.15) is 0 Å². The van der Waals surface area contributed by atoms with E-state index in [0.717, 1.165) is 35.2 Å². The molecule has 1 aliphatic heterocycles. The van der Waals surface area contributed by atoms with Crippen molar-refractivity contribution in [1.82, 2.24) is 4.90 Å². The van der Waals surface area contributed by atoms with Crippen LogP contribution in [0.3, 0.4) is 0 Å². The van der Waals surface area contributed by atoms with Crippen LogP contribution in [0.15, 0.2) is 29.2 Å². The second kappa shape index (κ2) is 6.21. The molecule has 17 heavy (non-hydrogen) atoms. The van der Waals surface area contributed by atoms with Gasteiger partial charge in [-0.15, -0.1) is 11.8 Å². The average molecular weight is 268 g/mol. The van der Waals surface area contributed by atoms with Crippen molar-refractivity contribution in [2.45, 2.75) is 4.90 Å². The van der Waals surface area contributed by atoms with E-state index in [9.17, 15) is 4.79 Å². The summed E-state index contributed by atoms with van der Waals surface area (Å²) in [5, 5.41) is 2.95. The summed E-state index contributed by atoms with van der Waals surface area (Å²) in [5.74, 6) is 2.08. The zero-order valence-corrected chi connectivity index (χ0v) is 11.4. The van der Waals surface area contributed by atoms with Gasteiger partial charge in [0.25, 0.3) is 0 Å². The summed E-state index contributed by atoms with van der Waals surface area (Å²) in [6, 6.07) is 7.95. The van der Waals surface area contributed by atoms with E-state index >= 15 is 0 Å². The number of carbonyl (C=O) groups is 1. The summed E-state index contributed by atoms with van der Waals surface area (Å²) >= 11 is 3.58. The van der Waals surface area contributed by atoms with Gasteiger partial charge in [-0.3, -0.25) is 0 Å². The Bertz CT molecular complexity index is 392. The van der Waals surface area contributed by atoms with Crippen LogP contribution in [0.25, 0.3) is 0 Å². The number of thioether (sulfide) groups is 2. The normalized spacial score (nSPS) is 15.7. The average Bonchev–Trinajstić information content (AvgIpc) is 2.40. The van der Waals surface area contributed by atoms with Crippen LogP contribution in [-0.2, 0) is 0 Å². The maximum atomic E-state index is 12.0. The second-order valence-corrected chi connectivity index (χ2v) is 5.87. The van der Waals surface area contributed by atoms with Crippen LogP contribution in [0.5, 0.6) is 0 Å². The predicted molar refractivity (Wildman–Crippen MR) is 76.1 cm³/mol. The van der Waals surface area contributed by atoms with E-state index in [1.54, 1.807) is 11.8 Å². The zero-order chi connectivity index (χ0) is 12.1. The minimum absolute atomic E-state index is 0.0172. The van der Waals surface area contributed by atoms with E-state index in [1.807, 2.05) is 47.2 Å². The number of hydrogen-bond donors (Lipinski definition) is 1. The number of benzene rings is 1. The third-order valence-electron chi connectivity index (χ3n) is 2.62. The van der Waals surface area contributed by atoms with E-state index in [1.165, 1.54) is 0 Å². The second-order valence-electron chi connectivity index (χ2n) is 3.76.